The minimum atomic E-state index is -0.575. The van der Waals surface area contributed by atoms with E-state index in [1.807, 2.05) is 24.3 Å². The van der Waals surface area contributed by atoms with Gasteiger partial charge in [-0.1, -0.05) is 61.5 Å². The molecule has 0 aliphatic carbocycles. The van der Waals surface area contributed by atoms with Gasteiger partial charge in [0.15, 0.2) is 0 Å². The van der Waals surface area contributed by atoms with Crippen LogP contribution >= 0.6 is 0 Å². The summed E-state index contributed by atoms with van der Waals surface area (Å²) in [5, 5.41) is 10.0. The van der Waals surface area contributed by atoms with Crippen LogP contribution in [0.4, 0.5) is 11.4 Å². The molecular weight excluding hydrogens is 687 g/mol. The van der Waals surface area contributed by atoms with E-state index in [1.54, 1.807) is 17.0 Å². The number of nitrogens with zero attached hydrogens (tertiary/aromatic N) is 5. The highest BCUT2D eigenvalue weighted by Gasteiger charge is 2.41. The van der Waals surface area contributed by atoms with E-state index < -0.39 is 6.04 Å². The highest BCUT2D eigenvalue weighted by Crippen LogP contribution is 2.37. The first-order valence-electron chi connectivity index (χ1n) is 19.9. The molecule has 4 aromatic rings. The number of carbonyl (C=O) groups excluding carboxylic acids is 3. The number of rotatable bonds is 9. The lowest BCUT2D eigenvalue weighted by Gasteiger charge is -2.40. The maximum atomic E-state index is 13.3. The second kappa shape index (κ2) is 15.7. The Bertz CT molecular complexity index is 2060. The van der Waals surface area contributed by atoms with Crippen LogP contribution in [-0.4, -0.2) is 96.4 Å². The van der Waals surface area contributed by atoms with Gasteiger partial charge in [-0.05, 0) is 107 Å². The molecule has 55 heavy (non-hydrogen) atoms. The average Bonchev–Trinajstić information content (AvgIpc) is 3.55. The lowest BCUT2D eigenvalue weighted by molar-refractivity contribution is -0.150. The van der Waals surface area contributed by atoms with Crippen LogP contribution in [0.25, 0.3) is 11.1 Å². The zero-order valence-electron chi connectivity index (χ0n) is 32.0. The Balaban J connectivity index is 0.850. The fraction of sp³-hybridized carbons (Fsp3) is 0.370. The predicted octanol–water partition coefficient (Wildman–Crippen LogP) is 6.90. The third-order valence-electron chi connectivity index (χ3n) is 12.2. The standard InChI is InChI=1S/C46H51N5O4/c1-3-40(33-7-5-4-6-8-33)44(35-11-16-39(52)17-12-35)34-9-13-37(14-10-34)49-23-21-32(22-24-49)30-48-25-27-50(28-26-48)38-15-18-41-36(29-38)31-51(45(41)54)42-19-20-43(53)47(2)46(42)55/h4-18,29,32,42,52H,3,19-28,30-31H2,1-2H3. The van der Waals surface area contributed by atoms with Gasteiger partial charge in [0, 0.05) is 82.8 Å². The Kier molecular flexibility index (Phi) is 10.5. The van der Waals surface area contributed by atoms with Gasteiger partial charge in [-0.25, -0.2) is 0 Å². The number of amides is 3. The summed E-state index contributed by atoms with van der Waals surface area (Å²) in [6.45, 7) is 9.77. The molecule has 0 bridgehead atoms. The minimum absolute atomic E-state index is 0.114. The Morgan fingerprint density at radius 1 is 0.709 bits per heavy atom. The van der Waals surface area contributed by atoms with Crippen molar-refractivity contribution in [1.82, 2.24) is 14.7 Å². The molecule has 1 atom stereocenters. The monoisotopic (exact) mass is 737 g/mol. The van der Waals surface area contributed by atoms with E-state index in [-0.39, 0.29) is 29.9 Å². The van der Waals surface area contributed by atoms with Crippen LogP contribution in [0.1, 0.15) is 71.6 Å². The molecule has 9 nitrogen and oxygen atoms in total. The summed E-state index contributed by atoms with van der Waals surface area (Å²) >= 11 is 0. The van der Waals surface area contributed by atoms with Gasteiger partial charge in [-0.3, -0.25) is 24.2 Å². The lowest BCUT2D eigenvalue weighted by Crippen LogP contribution is -2.53. The Morgan fingerprint density at radius 2 is 1.35 bits per heavy atom. The van der Waals surface area contributed by atoms with Crippen LogP contribution in [0, 0.1) is 5.92 Å². The largest absolute Gasteiger partial charge is 0.508 e. The normalized spacial score (nSPS) is 20.3. The van der Waals surface area contributed by atoms with Crippen molar-refractivity contribution in [3.8, 4) is 5.75 Å². The minimum Gasteiger partial charge on any atom is -0.508 e. The molecule has 4 aliphatic heterocycles. The van der Waals surface area contributed by atoms with Gasteiger partial charge in [-0.15, -0.1) is 0 Å². The molecule has 3 fully saturated rings. The Labute approximate surface area is 324 Å². The SMILES string of the molecule is CCC(=C(c1ccc(O)cc1)c1ccc(N2CCC(CN3CCN(c4ccc5c(c4)CN(C4CCC(=O)N(C)C4=O)C5=O)CC3)CC2)cc1)c1ccccc1. The summed E-state index contributed by atoms with van der Waals surface area (Å²) in [7, 11) is 1.51. The zero-order valence-corrected chi connectivity index (χ0v) is 32.0. The Hall–Kier alpha value is -5.41. The number of phenols is 1. The molecular formula is C46H51N5O4. The summed E-state index contributed by atoms with van der Waals surface area (Å²) < 4.78 is 0. The van der Waals surface area contributed by atoms with Crippen molar-refractivity contribution in [2.45, 2.75) is 51.6 Å². The van der Waals surface area contributed by atoms with Crippen LogP contribution < -0.4 is 9.80 Å². The first-order valence-corrected chi connectivity index (χ1v) is 19.9. The first kappa shape index (κ1) is 36.6. The molecule has 284 valence electrons. The molecule has 4 heterocycles. The summed E-state index contributed by atoms with van der Waals surface area (Å²) in [5.74, 6) is 0.372. The number of piperazine rings is 1. The molecule has 8 rings (SSSR count). The predicted molar refractivity (Wildman–Crippen MR) is 218 cm³/mol. The van der Waals surface area contributed by atoms with E-state index in [0.29, 0.717) is 24.4 Å². The number of likely N-dealkylation sites (N-methyl/N-ethyl adjacent to an activating group) is 1. The van der Waals surface area contributed by atoms with Gasteiger partial charge in [0.25, 0.3) is 11.8 Å². The van der Waals surface area contributed by atoms with Crippen LogP contribution in [0.3, 0.4) is 0 Å². The topological polar surface area (TPSA) is 87.6 Å². The van der Waals surface area contributed by atoms with E-state index in [9.17, 15) is 19.5 Å². The number of allylic oxidation sites excluding steroid dienone is 1. The maximum absolute atomic E-state index is 13.3. The van der Waals surface area contributed by atoms with Gasteiger partial charge >= 0.3 is 0 Å². The maximum Gasteiger partial charge on any atom is 0.255 e. The zero-order chi connectivity index (χ0) is 38.1. The van der Waals surface area contributed by atoms with Crippen molar-refractivity contribution in [2.24, 2.45) is 5.92 Å². The number of imide groups is 1. The van der Waals surface area contributed by atoms with E-state index >= 15 is 0 Å². The van der Waals surface area contributed by atoms with E-state index in [4.69, 9.17) is 0 Å². The van der Waals surface area contributed by atoms with Gasteiger partial charge in [0.2, 0.25) is 5.91 Å². The molecule has 1 N–H and O–H groups in total. The number of benzene rings is 4. The number of hydrogen-bond donors (Lipinski definition) is 1. The lowest BCUT2D eigenvalue weighted by atomic mass is 9.88. The number of fused-ring (bicyclic) bond motifs is 1. The van der Waals surface area contributed by atoms with Crippen molar-refractivity contribution in [1.29, 1.82) is 0 Å². The molecule has 3 amide bonds. The highest BCUT2D eigenvalue weighted by molar-refractivity contribution is 6.05. The summed E-state index contributed by atoms with van der Waals surface area (Å²) in [6, 6.07) is 32.8. The molecule has 3 saturated heterocycles. The number of likely N-dealkylation sites (tertiary alicyclic amines) is 1. The second-order valence-corrected chi connectivity index (χ2v) is 15.5. The van der Waals surface area contributed by atoms with Gasteiger partial charge in [-0.2, -0.15) is 0 Å². The van der Waals surface area contributed by atoms with Crippen LogP contribution in [0.5, 0.6) is 5.75 Å². The summed E-state index contributed by atoms with van der Waals surface area (Å²) in [6.07, 6.45) is 3.93. The van der Waals surface area contributed by atoms with Crippen molar-refractivity contribution in [2.75, 3.05) is 62.7 Å². The smallest absolute Gasteiger partial charge is 0.255 e. The highest BCUT2D eigenvalue weighted by atomic mass is 16.3. The number of carbonyl (C=O) groups is 3. The van der Waals surface area contributed by atoms with E-state index in [0.717, 1.165) is 69.0 Å². The van der Waals surface area contributed by atoms with E-state index in [2.05, 4.69) is 82.3 Å². The molecule has 4 aromatic carbocycles. The quantitative estimate of drug-likeness (QED) is 0.148. The van der Waals surface area contributed by atoms with E-state index in [1.165, 1.54) is 52.7 Å². The fourth-order valence-electron chi connectivity index (χ4n) is 9.04. The molecule has 1 unspecified atom stereocenters. The average molecular weight is 738 g/mol. The fourth-order valence-corrected chi connectivity index (χ4v) is 9.04. The number of aromatic hydroxyl groups is 1. The van der Waals surface area contributed by atoms with Gasteiger partial charge < -0.3 is 19.8 Å². The molecule has 0 saturated carbocycles. The van der Waals surface area contributed by atoms with Crippen molar-refractivity contribution in [3.63, 3.8) is 0 Å². The summed E-state index contributed by atoms with van der Waals surface area (Å²) in [5.41, 5.74) is 10.0. The second-order valence-electron chi connectivity index (χ2n) is 15.5. The third kappa shape index (κ3) is 7.50. The van der Waals surface area contributed by atoms with Crippen LogP contribution in [-0.2, 0) is 16.1 Å². The molecule has 9 heteroatoms. The van der Waals surface area contributed by atoms with Crippen LogP contribution in [0.15, 0.2) is 97.1 Å². The van der Waals surface area contributed by atoms with Crippen LogP contribution in [0.2, 0.25) is 0 Å². The van der Waals surface area contributed by atoms with Crippen molar-refractivity contribution in [3.05, 3.63) is 125 Å². The van der Waals surface area contributed by atoms with Gasteiger partial charge in [0.05, 0.1) is 0 Å². The number of phenolic OH excluding ortho intramolecular Hbond substituents is 1. The molecule has 0 spiro atoms. The number of anilines is 2. The Morgan fingerprint density at radius 3 is 2.02 bits per heavy atom. The molecule has 4 aliphatic rings. The molecule has 0 aromatic heterocycles. The third-order valence-corrected chi connectivity index (χ3v) is 12.2. The van der Waals surface area contributed by atoms with Crippen molar-refractivity contribution >= 4 is 40.2 Å². The number of hydrogen-bond acceptors (Lipinski definition) is 7. The number of piperidine rings is 2. The first-order chi connectivity index (χ1) is 26.8. The van der Waals surface area contributed by atoms with Gasteiger partial charge in [0.1, 0.15) is 11.8 Å². The van der Waals surface area contributed by atoms with Crippen molar-refractivity contribution < 1.29 is 19.5 Å². The molecule has 0 radical (unpaired) electrons. The summed E-state index contributed by atoms with van der Waals surface area (Å²) in [4.78, 5) is 48.5.